The summed E-state index contributed by atoms with van der Waals surface area (Å²) >= 11 is 0. The predicted octanol–water partition coefficient (Wildman–Crippen LogP) is 16.6. The summed E-state index contributed by atoms with van der Waals surface area (Å²) in [7, 11) is 0. The SMILES string of the molecule is c1ccc(N(c2ccccc2)c2ccc3c(-c4ccc5ccccc5c4)c4cc(N(c5ccccc5)c5ccccc5)ccc4c(-c4ccc5ccccc5c4)c3c2)cc1. The first-order chi connectivity index (χ1) is 29.8. The Hall–Kier alpha value is -7.94. The van der Waals surface area contributed by atoms with Gasteiger partial charge in [-0.25, -0.2) is 0 Å². The van der Waals surface area contributed by atoms with Gasteiger partial charge in [-0.1, -0.05) is 158 Å². The van der Waals surface area contributed by atoms with E-state index >= 15 is 0 Å². The maximum absolute atomic E-state index is 2.41. The Morgan fingerprint density at radius 3 is 0.867 bits per heavy atom. The van der Waals surface area contributed by atoms with Crippen molar-refractivity contribution in [1.29, 1.82) is 0 Å². The Morgan fingerprint density at radius 1 is 0.200 bits per heavy atom. The standard InChI is InChI=1S/C58H40N2/c1-5-21-47(22-6-1)59(48-23-7-2-8-24-48)51-33-35-53-55(39-51)57(45-31-29-41-17-13-15-19-43(41)37-45)54-36-34-52(60(49-25-9-3-10-26-49)50-27-11-4-12-28-50)40-56(54)58(53)46-32-30-42-18-14-16-20-44(42)38-46/h1-40H. The summed E-state index contributed by atoms with van der Waals surface area (Å²) < 4.78 is 0. The van der Waals surface area contributed by atoms with Gasteiger partial charge in [0.2, 0.25) is 0 Å². The van der Waals surface area contributed by atoms with Crippen molar-refractivity contribution in [3.63, 3.8) is 0 Å². The molecule has 0 aliphatic heterocycles. The monoisotopic (exact) mass is 764 g/mol. The molecular formula is C58H40N2. The predicted molar refractivity (Wildman–Crippen MR) is 257 cm³/mol. The first-order valence-electron chi connectivity index (χ1n) is 20.6. The lowest BCUT2D eigenvalue weighted by atomic mass is 9.84. The van der Waals surface area contributed by atoms with Crippen LogP contribution in [0, 0.1) is 0 Å². The summed E-state index contributed by atoms with van der Waals surface area (Å²) in [5.41, 5.74) is 11.4. The highest BCUT2D eigenvalue weighted by Gasteiger charge is 2.22. The van der Waals surface area contributed by atoms with Crippen LogP contribution in [0.4, 0.5) is 34.1 Å². The van der Waals surface area contributed by atoms with Crippen molar-refractivity contribution >= 4 is 77.2 Å². The van der Waals surface area contributed by atoms with Gasteiger partial charge in [0.1, 0.15) is 0 Å². The van der Waals surface area contributed by atoms with E-state index in [1.165, 1.54) is 65.3 Å². The van der Waals surface area contributed by atoms with Crippen molar-refractivity contribution in [1.82, 2.24) is 0 Å². The van der Waals surface area contributed by atoms with E-state index in [1.807, 2.05) is 0 Å². The van der Waals surface area contributed by atoms with Gasteiger partial charge in [-0.05, 0) is 150 Å². The second kappa shape index (κ2) is 15.1. The molecule has 60 heavy (non-hydrogen) atoms. The van der Waals surface area contributed by atoms with Crippen molar-refractivity contribution in [3.8, 4) is 22.3 Å². The van der Waals surface area contributed by atoms with E-state index in [-0.39, 0.29) is 0 Å². The van der Waals surface area contributed by atoms with Crippen LogP contribution in [0.3, 0.4) is 0 Å². The van der Waals surface area contributed by atoms with Crippen molar-refractivity contribution in [3.05, 3.63) is 243 Å². The number of rotatable bonds is 8. The van der Waals surface area contributed by atoms with Crippen molar-refractivity contribution < 1.29 is 0 Å². The average molecular weight is 765 g/mol. The lowest BCUT2D eigenvalue weighted by Gasteiger charge is -2.28. The third-order valence-electron chi connectivity index (χ3n) is 11.7. The smallest absolute Gasteiger partial charge is 0.0468 e. The van der Waals surface area contributed by atoms with Crippen LogP contribution in [0.5, 0.6) is 0 Å². The summed E-state index contributed by atoms with van der Waals surface area (Å²) in [5, 5.41) is 9.70. The molecule has 2 heteroatoms. The minimum absolute atomic E-state index is 1.10. The molecule has 0 aliphatic carbocycles. The maximum Gasteiger partial charge on any atom is 0.0468 e. The number of para-hydroxylation sites is 4. The van der Waals surface area contributed by atoms with Gasteiger partial charge in [0.05, 0.1) is 0 Å². The van der Waals surface area contributed by atoms with E-state index in [4.69, 9.17) is 0 Å². The number of anilines is 6. The molecule has 0 saturated carbocycles. The molecule has 0 N–H and O–H groups in total. The normalized spacial score (nSPS) is 11.3. The molecule has 0 heterocycles. The maximum atomic E-state index is 2.41. The molecule has 0 saturated heterocycles. The van der Waals surface area contributed by atoms with Crippen LogP contribution < -0.4 is 9.80 Å². The van der Waals surface area contributed by atoms with Crippen molar-refractivity contribution in [2.45, 2.75) is 0 Å². The lowest BCUT2D eigenvalue weighted by molar-refractivity contribution is 1.29. The summed E-state index contributed by atoms with van der Waals surface area (Å²) in [6.45, 7) is 0. The van der Waals surface area contributed by atoms with Gasteiger partial charge in [-0.3, -0.25) is 0 Å². The highest BCUT2D eigenvalue weighted by atomic mass is 15.1. The molecule has 11 aromatic carbocycles. The topological polar surface area (TPSA) is 6.48 Å². The van der Waals surface area contributed by atoms with Gasteiger partial charge in [0.25, 0.3) is 0 Å². The van der Waals surface area contributed by atoms with E-state index in [0.29, 0.717) is 0 Å². The molecule has 0 bridgehead atoms. The number of benzene rings is 11. The Morgan fingerprint density at radius 2 is 0.517 bits per heavy atom. The minimum atomic E-state index is 1.10. The molecule has 11 aromatic rings. The van der Waals surface area contributed by atoms with Crippen molar-refractivity contribution in [2.75, 3.05) is 9.80 Å². The van der Waals surface area contributed by atoms with Crippen LogP contribution >= 0.6 is 0 Å². The fourth-order valence-electron chi connectivity index (χ4n) is 9.00. The molecule has 0 radical (unpaired) electrons. The van der Waals surface area contributed by atoms with E-state index in [0.717, 1.165) is 34.1 Å². The molecule has 0 fully saturated rings. The summed E-state index contributed by atoms with van der Waals surface area (Å²) in [5.74, 6) is 0. The van der Waals surface area contributed by atoms with E-state index in [1.54, 1.807) is 0 Å². The molecular weight excluding hydrogens is 725 g/mol. The number of hydrogen-bond donors (Lipinski definition) is 0. The Labute approximate surface area is 350 Å². The molecule has 0 aliphatic rings. The molecule has 0 unspecified atom stereocenters. The molecule has 0 spiro atoms. The Bertz CT molecular complexity index is 3000. The lowest BCUT2D eigenvalue weighted by Crippen LogP contribution is -2.10. The van der Waals surface area contributed by atoms with E-state index < -0.39 is 0 Å². The van der Waals surface area contributed by atoms with Crippen LogP contribution in [0.1, 0.15) is 0 Å². The average Bonchev–Trinajstić information content (AvgIpc) is 3.32. The van der Waals surface area contributed by atoms with Gasteiger partial charge < -0.3 is 9.80 Å². The molecule has 11 rings (SSSR count). The van der Waals surface area contributed by atoms with Crippen LogP contribution in [0.25, 0.3) is 65.3 Å². The van der Waals surface area contributed by atoms with Crippen LogP contribution in [-0.2, 0) is 0 Å². The zero-order valence-electron chi connectivity index (χ0n) is 33.0. The molecule has 282 valence electrons. The highest BCUT2D eigenvalue weighted by molar-refractivity contribution is 6.23. The van der Waals surface area contributed by atoms with Gasteiger partial charge in [0.15, 0.2) is 0 Å². The fraction of sp³-hybridized carbons (Fsp3) is 0. The second-order valence-corrected chi connectivity index (χ2v) is 15.3. The Kier molecular flexibility index (Phi) is 8.87. The summed E-state index contributed by atoms with van der Waals surface area (Å²) in [4.78, 5) is 4.73. The third-order valence-corrected chi connectivity index (χ3v) is 11.7. The fourth-order valence-corrected chi connectivity index (χ4v) is 9.00. The summed E-state index contributed by atoms with van der Waals surface area (Å²) in [6, 6.07) is 88.1. The molecule has 0 aromatic heterocycles. The van der Waals surface area contributed by atoms with E-state index in [2.05, 4.69) is 252 Å². The first-order valence-corrected chi connectivity index (χ1v) is 20.6. The summed E-state index contributed by atoms with van der Waals surface area (Å²) in [6.07, 6.45) is 0. The number of hydrogen-bond acceptors (Lipinski definition) is 2. The van der Waals surface area contributed by atoms with E-state index in [9.17, 15) is 0 Å². The molecule has 0 amide bonds. The molecule has 0 atom stereocenters. The first kappa shape index (κ1) is 35.2. The highest BCUT2D eigenvalue weighted by Crippen LogP contribution is 2.49. The minimum Gasteiger partial charge on any atom is -0.310 e. The Balaban J connectivity index is 1.27. The van der Waals surface area contributed by atoms with Crippen LogP contribution in [0.2, 0.25) is 0 Å². The van der Waals surface area contributed by atoms with Crippen molar-refractivity contribution in [2.24, 2.45) is 0 Å². The van der Waals surface area contributed by atoms with Crippen LogP contribution in [-0.4, -0.2) is 0 Å². The van der Waals surface area contributed by atoms with Gasteiger partial charge >= 0.3 is 0 Å². The van der Waals surface area contributed by atoms with Crippen LogP contribution in [0.15, 0.2) is 243 Å². The van der Waals surface area contributed by atoms with Gasteiger partial charge in [-0.2, -0.15) is 0 Å². The second-order valence-electron chi connectivity index (χ2n) is 15.3. The molecule has 2 nitrogen and oxygen atoms in total. The number of nitrogens with zero attached hydrogens (tertiary/aromatic N) is 2. The number of fused-ring (bicyclic) bond motifs is 4. The van der Waals surface area contributed by atoms with Gasteiger partial charge in [-0.15, -0.1) is 0 Å². The van der Waals surface area contributed by atoms with Gasteiger partial charge in [0, 0.05) is 34.1 Å². The largest absolute Gasteiger partial charge is 0.310 e. The third kappa shape index (κ3) is 6.32. The zero-order valence-corrected chi connectivity index (χ0v) is 33.0. The zero-order chi connectivity index (χ0) is 39.8. The quantitative estimate of drug-likeness (QED) is 0.142.